The van der Waals surface area contributed by atoms with E-state index in [4.69, 9.17) is 4.42 Å². The summed E-state index contributed by atoms with van der Waals surface area (Å²) in [5.41, 5.74) is 0.918. The maximum atomic E-state index is 12.2. The molecule has 2 unspecified atom stereocenters. The molecule has 2 saturated heterocycles. The summed E-state index contributed by atoms with van der Waals surface area (Å²) in [5.74, 6) is 1.20. The zero-order valence-electron chi connectivity index (χ0n) is 11.0. The van der Waals surface area contributed by atoms with Crippen LogP contribution in [0.1, 0.15) is 47.6 Å². The van der Waals surface area contributed by atoms with E-state index in [1.54, 1.807) is 0 Å². The molecule has 0 radical (unpaired) electrons. The van der Waals surface area contributed by atoms with Crippen molar-refractivity contribution in [1.82, 2.24) is 10.6 Å². The number of aryl methyl sites for hydroxylation is 2. The van der Waals surface area contributed by atoms with Crippen molar-refractivity contribution in [2.24, 2.45) is 0 Å². The lowest BCUT2D eigenvalue weighted by molar-refractivity contribution is 0.0893. The van der Waals surface area contributed by atoms with Crippen molar-refractivity contribution in [3.05, 3.63) is 23.2 Å². The van der Waals surface area contributed by atoms with E-state index in [1.165, 1.54) is 12.8 Å². The number of fused-ring (bicyclic) bond motifs is 2. The van der Waals surface area contributed by atoms with Crippen molar-refractivity contribution in [3.8, 4) is 0 Å². The van der Waals surface area contributed by atoms with E-state index in [9.17, 15) is 4.79 Å². The highest BCUT2D eigenvalue weighted by Gasteiger charge is 2.34. The Bertz CT molecular complexity index is 454. The lowest BCUT2D eigenvalue weighted by Gasteiger charge is -2.29. The summed E-state index contributed by atoms with van der Waals surface area (Å²) >= 11 is 0. The van der Waals surface area contributed by atoms with Crippen LogP contribution in [0.4, 0.5) is 0 Å². The van der Waals surface area contributed by atoms with Crippen LogP contribution in [0.25, 0.3) is 0 Å². The van der Waals surface area contributed by atoms with E-state index >= 15 is 0 Å². The standard InChI is InChI=1S/C14H20N2O2/c1-8-5-9(2)18-13(8)14(17)16-12-6-10-3-4-11(7-12)15-10/h5,10-12,15H,3-4,6-7H2,1-2H3,(H,16,17). The number of amides is 1. The van der Waals surface area contributed by atoms with Gasteiger partial charge in [0.2, 0.25) is 0 Å². The normalized spacial score (nSPS) is 30.4. The van der Waals surface area contributed by atoms with Gasteiger partial charge in [0.25, 0.3) is 5.91 Å². The second-order valence-corrected chi connectivity index (χ2v) is 5.65. The smallest absolute Gasteiger partial charge is 0.287 e. The van der Waals surface area contributed by atoms with E-state index in [0.717, 1.165) is 24.2 Å². The first-order valence-corrected chi connectivity index (χ1v) is 6.76. The number of furan rings is 1. The topological polar surface area (TPSA) is 54.3 Å². The number of rotatable bonds is 2. The number of carbonyl (C=O) groups is 1. The quantitative estimate of drug-likeness (QED) is 0.840. The maximum Gasteiger partial charge on any atom is 0.287 e. The highest BCUT2D eigenvalue weighted by Crippen LogP contribution is 2.27. The van der Waals surface area contributed by atoms with Gasteiger partial charge in [-0.1, -0.05) is 0 Å². The van der Waals surface area contributed by atoms with Crippen LogP contribution in [0.15, 0.2) is 10.5 Å². The molecule has 2 aliphatic heterocycles. The van der Waals surface area contributed by atoms with Gasteiger partial charge in [-0.25, -0.2) is 0 Å². The second-order valence-electron chi connectivity index (χ2n) is 5.65. The number of carbonyl (C=O) groups excluding carboxylic acids is 1. The highest BCUT2D eigenvalue weighted by molar-refractivity contribution is 5.93. The summed E-state index contributed by atoms with van der Waals surface area (Å²) in [6, 6.07) is 3.38. The monoisotopic (exact) mass is 248 g/mol. The molecule has 2 N–H and O–H groups in total. The Labute approximate surface area is 107 Å². The molecule has 1 aromatic heterocycles. The van der Waals surface area contributed by atoms with E-state index in [0.29, 0.717) is 23.9 Å². The van der Waals surface area contributed by atoms with Crippen molar-refractivity contribution >= 4 is 5.91 Å². The fraction of sp³-hybridized carbons (Fsp3) is 0.643. The highest BCUT2D eigenvalue weighted by atomic mass is 16.3. The second kappa shape index (κ2) is 4.43. The largest absolute Gasteiger partial charge is 0.456 e. The molecule has 0 saturated carbocycles. The van der Waals surface area contributed by atoms with Gasteiger partial charge in [0, 0.05) is 23.7 Å². The minimum absolute atomic E-state index is 0.0631. The van der Waals surface area contributed by atoms with Gasteiger partial charge in [-0.3, -0.25) is 4.79 Å². The predicted molar refractivity (Wildman–Crippen MR) is 68.6 cm³/mol. The molecular formula is C14H20N2O2. The molecule has 0 aromatic carbocycles. The maximum absolute atomic E-state index is 12.2. The fourth-order valence-corrected chi connectivity index (χ4v) is 3.29. The van der Waals surface area contributed by atoms with Crippen LogP contribution < -0.4 is 10.6 Å². The summed E-state index contributed by atoms with van der Waals surface area (Å²) in [5, 5.41) is 6.69. The predicted octanol–water partition coefficient (Wildman–Crippen LogP) is 1.91. The first-order chi connectivity index (χ1) is 8.61. The van der Waals surface area contributed by atoms with Crippen LogP contribution in [0.5, 0.6) is 0 Å². The van der Waals surface area contributed by atoms with Gasteiger partial charge in [0.15, 0.2) is 5.76 Å². The van der Waals surface area contributed by atoms with Crippen LogP contribution in [-0.4, -0.2) is 24.0 Å². The molecular weight excluding hydrogens is 228 g/mol. The van der Waals surface area contributed by atoms with Gasteiger partial charge in [-0.05, 0) is 45.6 Å². The molecule has 1 amide bonds. The molecule has 4 heteroatoms. The Morgan fingerprint density at radius 3 is 2.56 bits per heavy atom. The van der Waals surface area contributed by atoms with Crippen LogP contribution in [0.3, 0.4) is 0 Å². The fourth-order valence-electron chi connectivity index (χ4n) is 3.29. The SMILES string of the molecule is Cc1cc(C)c(C(=O)NC2CC3CCC(C2)N3)o1. The van der Waals surface area contributed by atoms with E-state index in [-0.39, 0.29) is 5.91 Å². The average Bonchev–Trinajstić information content (AvgIpc) is 2.81. The molecule has 4 nitrogen and oxygen atoms in total. The molecule has 3 heterocycles. The molecule has 2 atom stereocenters. The lowest BCUT2D eigenvalue weighted by Crippen LogP contribution is -2.48. The Hall–Kier alpha value is -1.29. The van der Waals surface area contributed by atoms with Crippen LogP contribution in [0, 0.1) is 13.8 Å². The van der Waals surface area contributed by atoms with E-state index < -0.39 is 0 Å². The van der Waals surface area contributed by atoms with Crippen molar-refractivity contribution in [1.29, 1.82) is 0 Å². The van der Waals surface area contributed by atoms with Crippen molar-refractivity contribution in [2.75, 3.05) is 0 Å². The zero-order chi connectivity index (χ0) is 12.7. The van der Waals surface area contributed by atoms with Gasteiger partial charge >= 0.3 is 0 Å². The minimum atomic E-state index is -0.0631. The summed E-state index contributed by atoms with van der Waals surface area (Å²) in [7, 11) is 0. The number of nitrogens with one attached hydrogen (secondary N) is 2. The van der Waals surface area contributed by atoms with Crippen molar-refractivity contribution in [3.63, 3.8) is 0 Å². The van der Waals surface area contributed by atoms with Crippen molar-refractivity contribution in [2.45, 2.75) is 57.7 Å². The first-order valence-electron chi connectivity index (χ1n) is 6.76. The van der Waals surface area contributed by atoms with E-state index in [1.807, 2.05) is 19.9 Å². The van der Waals surface area contributed by atoms with Crippen LogP contribution >= 0.6 is 0 Å². The summed E-state index contributed by atoms with van der Waals surface area (Å²) in [6.45, 7) is 3.78. The third-order valence-corrected chi connectivity index (χ3v) is 4.06. The third kappa shape index (κ3) is 2.17. The van der Waals surface area contributed by atoms with Gasteiger partial charge < -0.3 is 15.1 Å². The third-order valence-electron chi connectivity index (χ3n) is 4.06. The van der Waals surface area contributed by atoms with Gasteiger partial charge in [0.1, 0.15) is 5.76 Å². The molecule has 0 aliphatic carbocycles. The average molecular weight is 248 g/mol. The van der Waals surface area contributed by atoms with Crippen molar-refractivity contribution < 1.29 is 9.21 Å². The summed E-state index contributed by atoms with van der Waals surface area (Å²) in [4.78, 5) is 12.2. The Kier molecular flexibility index (Phi) is 2.90. The molecule has 0 spiro atoms. The Balaban J connectivity index is 1.66. The first kappa shape index (κ1) is 11.8. The summed E-state index contributed by atoms with van der Waals surface area (Å²) < 4.78 is 5.46. The summed E-state index contributed by atoms with van der Waals surface area (Å²) in [6.07, 6.45) is 4.58. The van der Waals surface area contributed by atoms with Crippen LogP contribution in [0.2, 0.25) is 0 Å². The molecule has 2 aliphatic rings. The number of hydrogen-bond acceptors (Lipinski definition) is 3. The molecule has 98 valence electrons. The van der Waals surface area contributed by atoms with E-state index in [2.05, 4.69) is 10.6 Å². The molecule has 18 heavy (non-hydrogen) atoms. The molecule has 1 aromatic rings. The van der Waals surface area contributed by atoms with Crippen LogP contribution in [-0.2, 0) is 0 Å². The molecule has 2 fully saturated rings. The molecule has 2 bridgehead atoms. The van der Waals surface area contributed by atoms with Gasteiger partial charge in [0.05, 0.1) is 0 Å². The number of piperidine rings is 1. The number of hydrogen-bond donors (Lipinski definition) is 2. The zero-order valence-corrected chi connectivity index (χ0v) is 11.0. The van der Waals surface area contributed by atoms with Gasteiger partial charge in [-0.2, -0.15) is 0 Å². The Morgan fingerprint density at radius 2 is 2.00 bits per heavy atom. The minimum Gasteiger partial charge on any atom is -0.456 e. The molecule has 3 rings (SSSR count). The Morgan fingerprint density at radius 1 is 1.33 bits per heavy atom. The lowest BCUT2D eigenvalue weighted by atomic mass is 9.99. The van der Waals surface area contributed by atoms with Gasteiger partial charge in [-0.15, -0.1) is 0 Å².